The first-order chi connectivity index (χ1) is 11.8. The van der Waals surface area contributed by atoms with E-state index in [9.17, 15) is 15.3 Å². The molecule has 0 radical (unpaired) electrons. The fraction of sp³-hybridized carbons (Fsp3) is 1.00. The van der Waals surface area contributed by atoms with Crippen LogP contribution in [0.5, 0.6) is 0 Å². The highest BCUT2D eigenvalue weighted by atomic mass is 16.3. The molecule has 0 aromatic carbocycles. The molecule has 4 aliphatic rings. The minimum atomic E-state index is -0.193. The molecule has 0 saturated heterocycles. The van der Waals surface area contributed by atoms with Gasteiger partial charge in [-0.25, -0.2) is 0 Å². The summed E-state index contributed by atoms with van der Waals surface area (Å²) in [4.78, 5) is 0. The topological polar surface area (TPSA) is 60.7 Å². The summed E-state index contributed by atoms with van der Waals surface area (Å²) in [5, 5.41) is 31.0. The lowest BCUT2D eigenvalue weighted by Crippen LogP contribution is -2.58. The van der Waals surface area contributed by atoms with E-state index in [0.717, 1.165) is 25.7 Å². The molecular formula is C22H38O3. The summed E-state index contributed by atoms with van der Waals surface area (Å²) < 4.78 is 0. The Morgan fingerprint density at radius 2 is 1.60 bits per heavy atom. The Labute approximate surface area is 153 Å². The molecule has 4 rings (SSSR count). The second kappa shape index (κ2) is 6.21. The Hall–Kier alpha value is -0.120. The Morgan fingerprint density at radius 1 is 0.920 bits per heavy atom. The summed E-state index contributed by atoms with van der Waals surface area (Å²) in [6.45, 7) is 7.44. The van der Waals surface area contributed by atoms with Gasteiger partial charge in [-0.2, -0.15) is 0 Å². The predicted octanol–water partition coefficient (Wildman–Crippen LogP) is 3.61. The van der Waals surface area contributed by atoms with E-state index in [2.05, 4.69) is 20.8 Å². The number of hydrogen-bond acceptors (Lipinski definition) is 3. The number of fused-ring (bicyclic) bond motifs is 5. The van der Waals surface area contributed by atoms with E-state index in [1.54, 1.807) is 0 Å². The van der Waals surface area contributed by atoms with Gasteiger partial charge in [0.05, 0.1) is 12.2 Å². The van der Waals surface area contributed by atoms with Gasteiger partial charge in [-0.15, -0.1) is 0 Å². The van der Waals surface area contributed by atoms with Gasteiger partial charge in [0.2, 0.25) is 0 Å². The van der Waals surface area contributed by atoms with Gasteiger partial charge in [0.15, 0.2) is 0 Å². The highest BCUT2D eigenvalue weighted by Gasteiger charge is 2.62. The maximum absolute atomic E-state index is 11.2. The molecule has 0 spiro atoms. The van der Waals surface area contributed by atoms with Crippen molar-refractivity contribution in [1.29, 1.82) is 0 Å². The molecule has 10 atom stereocenters. The summed E-state index contributed by atoms with van der Waals surface area (Å²) in [5.41, 5.74) is 0.604. The van der Waals surface area contributed by atoms with Gasteiger partial charge in [-0.3, -0.25) is 0 Å². The first kappa shape index (κ1) is 18.3. The number of hydrogen-bond donors (Lipinski definition) is 3. The second-order valence-corrected chi connectivity index (χ2v) is 10.6. The lowest BCUT2D eigenvalue weighted by molar-refractivity contribution is -0.174. The normalized spacial score (nSPS) is 56.6. The Morgan fingerprint density at radius 3 is 2.32 bits per heavy atom. The fourth-order valence-electron chi connectivity index (χ4n) is 8.30. The van der Waals surface area contributed by atoms with Crippen molar-refractivity contribution in [3.63, 3.8) is 0 Å². The van der Waals surface area contributed by atoms with Gasteiger partial charge in [-0.1, -0.05) is 20.8 Å². The molecule has 3 nitrogen and oxygen atoms in total. The SMILES string of the molecule is CC(CO)[C@H]1CC[C@H]2[C@@H]3[C@H](O)C[C@@H]4C[C@H](O)CC[C@]4(C)[C@H]3CC[C@]12C. The number of rotatable bonds is 2. The first-order valence-electron chi connectivity index (χ1n) is 10.8. The van der Waals surface area contributed by atoms with Crippen LogP contribution in [0.2, 0.25) is 0 Å². The molecule has 4 fully saturated rings. The molecular weight excluding hydrogens is 312 g/mol. The summed E-state index contributed by atoms with van der Waals surface area (Å²) in [7, 11) is 0. The van der Waals surface area contributed by atoms with Crippen molar-refractivity contribution in [3.05, 3.63) is 0 Å². The van der Waals surface area contributed by atoms with Crippen molar-refractivity contribution < 1.29 is 15.3 Å². The van der Waals surface area contributed by atoms with Crippen molar-refractivity contribution in [2.75, 3.05) is 6.61 Å². The van der Waals surface area contributed by atoms with Crippen molar-refractivity contribution in [2.24, 2.45) is 46.3 Å². The standard InChI is InChI=1S/C22H38O3/c1-13(12-23)16-4-5-17-20-18(7-9-22(16,17)3)21(2)8-6-15(24)10-14(21)11-19(20)25/h13-20,23-25H,4-12H2,1-3H3/t13?,14-,15+,16+,17-,18-,19+,20-,21-,22+/m0/s1. The molecule has 4 aliphatic carbocycles. The summed E-state index contributed by atoms with van der Waals surface area (Å²) >= 11 is 0. The molecule has 3 heteroatoms. The smallest absolute Gasteiger partial charge is 0.0577 e. The lowest BCUT2D eigenvalue weighted by atomic mass is 9.43. The molecule has 0 heterocycles. The van der Waals surface area contributed by atoms with Crippen LogP contribution in [0.25, 0.3) is 0 Å². The van der Waals surface area contributed by atoms with Crippen molar-refractivity contribution in [2.45, 2.75) is 84.3 Å². The van der Waals surface area contributed by atoms with Gasteiger partial charge in [0.1, 0.15) is 0 Å². The van der Waals surface area contributed by atoms with E-state index in [1.807, 2.05) is 0 Å². The van der Waals surface area contributed by atoms with E-state index in [4.69, 9.17) is 0 Å². The molecule has 25 heavy (non-hydrogen) atoms. The number of aliphatic hydroxyl groups excluding tert-OH is 3. The Kier molecular flexibility index (Phi) is 4.53. The van der Waals surface area contributed by atoms with Crippen LogP contribution in [-0.4, -0.2) is 34.1 Å². The molecule has 3 N–H and O–H groups in total. The third-order valence-electron chi connectivity index (χ3n) is 9.70. The summed E-state index contributed by atoms with van der Waals surface area (Å²) in [6.07, 6.45) is 8.44. The summed E-state index contributed by atoms with van der Waals surface area (Å²) in [6, 6.07) is 0. The van der Waals surface area contributed by atoms with E-state index in [1.165, 1.54) is 25.7 Å². The minimum absolute atomic E-state index is 0.156. The van der Waals surface area contributed by atoms with Crippen LogP contribution < -0.4 is 0 Å². The monoisotopic (exact) mass is 350 g/mol. The van der Waals surface area contributed by atoms with Gasteiger partial charge in [0.25, 0.3) is 0 Å². The molecule has 0 aliphatic heterocycles. The van der Waals surface area contributed by atoms with Crippen LogP contribution in [0.1, 0.15) is 72.1 Å². The fourth-order valence-corrected chi connectivity index (χ4v) is 8.30. The highest BCUT2D eigenvalue weighted by molar-refractivity contribution is 5.11. The zero-order valence-electron chi connectivity index (χ0n) is 16.3. The zero-order chi connectivity index (χ0) is 18.0. The van der Waals surface area contributed by atoms with Crippen molar-refractivity contribution >= 4 is 0 Å². The molecule has 0 aromatic heterocycles. The van der Waals surface area contributed by atoms with Crippen LogP contribution in [0, 0.1) is 46.3 Å². The van der Waals surface area contributed by atoms with Gasteiger partial charge in [0, 0.05) is 6.61 Å². The van der Waals surface area contributed by atoms with Crippen molar-refractivity contribution in [3.8, 4) is 0 Å². The zero-order valence-corrected chi connectivity index (χ0v) is 16.3. The van der Waals surface area contributed by atoms with Crippen LogP contribution in [0.4, 0.5) is 0 Å². The third kappa shape index (κ3) is 2.56. The van der Waals surface area contributed by atoms with E-state index >= 15 is 0 Å². The highest BCUT2D eigenvalue weighted by Crippen LogP contribution is 2.68. The maximum atomic E-state index is 11.2. The minimum Gasteiger partial charge on any atom is -0.396 e. The maximum Gasteiger partial charge on any atom is 0.0577 e. The number of aliphatic hydroxyl groups is 3. The largest absolute Gasteiger partial charge is 0.396 e. The van der Waals surface area contributed by atoms with E-state index in [0.29, 0.717) is 52.9 Å². The van der Waals surface area contributed by atoms with Gasteiger partial charge in [-0.05, 0) is 97.7 Å². The average molecular weight is 351 g/mol. The Bertz CT molecular complexity index is 508. The van der Waals surface area contributed by atoms with E-state index < -0.39 is 0 Å². The van der Waals surface area contributed by atoms with E-state index in [-0.39, 0.29) is 12.2 Å². The predicted molar refractivity (Wildman–Crippen MR) is 98.9 cm³/mol. The molecule has 4 saturated carbocycles. The Balaban J connectivity index is 1.63. The average Bonchev–Trinajstić information content (AvgIpc) is 2.93. The van der Waals surface area contributed by atoms with Crippen LogP contribution in [-0.2, 0) is 0 Å². The van der Waals surface area contributed by atoms with Crippen LogP contribution in [0.3, 0.4) is 0 Å². The lowest BCUT2D eigenvalue weighted by Gasteiger charge is -2.62. The van der Waals surface area contributed by atoms with Crippen molar-refractivity contribution in [1.82, 2.24) is 0 Å². The molecule has 0 amide bonds. The molecule has 144 valence electrons. The summed E-state index contributed by atoms with van der Waals surface area (Å²) in [5.74, 6) is 3.14. The first-order valence-corrected chi connectivity index (χ1v) is 10.8. The van der Waals surface area contributed by atoms with Gasteiger partial charge >= 0.3 is 0 Å². The quantitative estimate of drug-likeness (QED) is 0.713. The van der Waals surface area contributed by atoms with Crippen LogP contribution in [0.15, 0.2) is 0 Å². The third-order valence-corrected chi connectivity index (χ3v) is 9.70. The van der Waals surface area contributed by atoms with Gasteiger partial charge < -0.3 is 15.3 Å². The molecule has 1 unspecified atom stereocenters. The van der Waals surface area contributed by atoms with Crippen LogP contribution >= 0.6 is 0 Å². The second-order valence-electron chi connectivity index (χ2n) is 10.6. The molecule has 0 aromatic rings. The molecule has 0 bridgehead atoms.